The van der Waals surface area contributed by atoms with Crippen LogP contribution in [0.1, 0.15) is 91.7 Å². The van der Waals surface area contributed by atoms with Gasteiger partial charge in [-0.15, -0.1) is 0 Å². The Kier molecular flexibility index (Phi) is 5.32. The quantitative estimate of drug-likeness (QED) is 0.0937. The van der Waals surface area contributed by atoms with Gasteiger partial charge in [0, 0.05) is 83.3 Å². The number of aromatic amines is 3. The van der Waals surface area contributed by atoms with Crippen LogP contribution in [0, 0.1) is 0 Å². The number of aromatic nitrogens is 3. The van der Waals surface area contributed by atoms with Crippen molar-refractivity contribution in [2.75, 3.05) is 0 Å². The third-order valence-electron chi connectivity index (χ3n) is 10.8. The number of benzene rings is 2. The third-order valence-corrected chi connectivity index (χ3v) is 12.1. The molecular formula is C36H44N11P. The van der Waals surface area contributed by atoms with Crippen molar-refractivity contribution in [3.05, 3.63) is 86.6 Å². The van der Waals surface area contributed by atoms with Crippen LogP contribution in [0.2, 0.25) is 0 Å². The molecule has 9 rings (SSSR count). The van der Waals surface area contributed by atoms with E-state index >= 15 is 0 Å². The van der Waals surface area contributed by atoms with Crippen LogP contribution in [0.3, 0.4) is 0 Å². The minimum Gasteiger partial charge on any atom is -0.358 e. The molecule has 2 aromatic carbocycles. The molecule has 3 aromatic heterocycles. The molecule has 1 atom stereocenters. The Morgan fingerprint density at radius 1 is 0.458 bits per heavy atom. The Balaban J connectivity index is 1.21. The summed E-state index contributed by atoms with van der Waals surface area (Å²) < 4.78 is 0. The van der Waals surface area contributed by atoms with E-state index in [1.54, 1.807) is 0 Å². The molecule has 0 bridgehead atoms. The number of hydrogen-bond donors (Lipinski definition) is 11. The maximum atomic E-state index is 7.12. The van der Waals surface area contributed by atoms with E-state index in [-0.39, 0.29) is 10.6 Å². The fourth-order valence-electron chi connectivity index (χ4n) is 8.55. The van der Waals surface area contributed by atoms with Crippen LogP contribution < -0.4 is 51.3 Å². The lowest BCUT2D eigenvalue weighted by atomic mass is 9.88. The minimum absolute atomic E-state index is 0.113. The Hall–Kier alpha value is -3.61. The number of nitrogens with two attached hydrogens (primary N) is 8. The molecule has 3 heterocycles. The van der Waals surface area contributed by atoms with E-state index in [4.69, 9.17) is 45.9 Å². The normalized spacial score (nSPS) is 19.6. The standard InChI is InChI=1S/C36H44N11P/c1-31(2,3)23-11-21-27(45-23)13-7-19-15(9-17(13)33(21,37)38)29-25(35(19,41)42)26-30(47-29)16-10-18-14(8-20(16)36(26,43)44)28-22(34(18,39)40)12-24(46-28)48-32(4,5)6/h7-12,45-48H,37-44H2,1-6H3. The largest absolute Gasteiger partial charge is 0.358 e. The van der Waals surface area contributed by atoms with E-state index in [1.807, 2.05) is 24.3 Å². The Morgan fingerprint density at radius 3 is 1.29 bits per heavy atom. The topological polar surface area (TPSA) is 256 Å². The summed E-state index contributed by atoms with van der Waals surface area (Å²) in [6.07, 6.45) is 0. The van der Waals surface area contributed by atoms with Crippen LogP contribution in [0.15, 0.2) is 36.4 Å². The molecule has 0 spiro atoms. The third kappa shape index (κ3) is 3.53. The average molecular weight is 662 g/mol. The van der Waals surface area contributed by atoms with Crippen molar-refractivity contribution in [2.24, 2.45) is 45.9 Å². The molecule has 0 saturated carbocycles. The molecule has 4 aliphatic rings. The summed E-state index contributed by atoms with van der Waals surface area (Å²) in [7, 11) is 0.558. The van der Waals surface area contributed by atoms with Gasteiger partial charge in [0.25, 0.3) is 0 Å². The first-order valence-electron chi connectivity index (χ1n) is 16.3. The fourth-order valence-corrected chi connectivity index (χ4v) is 9.76. The molecule has 5 aromatic rings. The molecular weight excluding hydrogens is 617 g/mol. The van der Waals surface area contributed by atoms with E-state index in [0.717, 1.165) is 89.5 Å². The summed E-state index contributed by atoms with van der Waals surface area (Å²) in [5, 5.41) is 0.113. The SMILES string of the molecule is CC(C)(C)Pc1cc2c([nH]1)-c1cc3c(cc1C2(N)N)-c1[nH]c2c(c1C3(N)N)C(N)(N)c1cc3c(cc1-2)C(N)(N)c1cc(C(C)(C)C)[nH]c1-3. The van der Waals surface area contributed by atoms with Crippen molar-refractivity contribution in [1.82, 2.24) is 15.0 Å². The average Bonchev–Trinajstić information content (AvgIpc) is 3.78. The zero-order valence-electron chi connectivity index (χ0n) is 28.1. The number of H-pyrrole nitrogens is 3. The van der Waals surface area contributed by atoms with Crippen molar-refractivity contribution >= 4 is 14.0 Å². The van der Waals surface area contributed by atoms with E-state index in [0.29, 0.717) is 19.7 Å². The van der Waals surface area contributed by atoms with Crippen LogP contribution >= 0.6 is 8.58 Å². The minimum atomic E-state index is -1.41. The predicted octanol–water partition coefficient (Wildman–Crippen LogP) is 2.47. The van der Waals surface area contributed by atoms with Crippen LogP contribution in [0.25, 0.3) is 45.0 Å². The maximum Gasteiger partial charge on any atom is 0.120 e. The van der Waals surface area contributed by atoms with Crippen molar-refractivity contribution < 1.29 is 0 Å². The van der Waals surface area contributed by atoms with Gasteiger partial charge in [-0.25, -0.2) is 0 Å². The maximum absolute atomic E-state index is 7.12. The highest BCUT2D eigenvalue weighted by Crippen LogP contribution is 2.58. The first-order chi connectivity index (χ1) is 22.0. The van der Waals surface area contributed by atoms with E-state index in [1.165, 1.54) is 0 Å². The fraction of sp³-hybridized carbons (Fsp3) is 0.333. The van der Waals surface area contributed by atoms with Gasteiger partial charge in [0.1, 0.15) is 22.7 Å². The van der Waals surface area contributed by atoms with Crippen LogP contribution in [-0.2, 0) is 28.1 Å². The molecule has 48 heavy (non-hydrogen) atoms. The smallest absolute Gasteiger partial charge is 0.120 e. The van der Waals surface area contributed by atoms with Gasteiger partial charge in [-0.2, -0.15) is 0 Å². The molecule has 1 unspecified atom stereocenters. The first kappa shape index (κ1) is 30.4. The monoisotopic (exact) mass is 661 g/mol. The van der Waals surface area contributed by atoms with Crippen molar-refractivity contribution in [3.63, 3.8) is 0 Å². The molecule has 0 radical (unpaired) electrons. The van der Waals surface area contributed by atoms with Crippen LogP contribution in [0.5, 0.6) is 0 Å². The van der Waals surface area contributed by atoms with Gasteiger partial charge in [0.15, 0.2) is 0 Å². The lowest BCUT2D eigenvalue weighted by molar-refractivity contribution is 0.531. The molecule has 0 aliphatic heterocycles. The summed E-state index contributed by atoms with van der Waals surface area (Å²) in [6.45, 7) is 13.1. The summed E-state index contributed by atoms with van der Waals surface area (Å²) >= 11 is 0. The second kappa shape index (κ2) is 8.39. The lowest BCUT2D eigenvalue weighted by Crippen LogP contribution is -2.51. The molecule has 0 saturated heterocycles. The Morgan fingerprint density at radius 2 is 0.854 bits per heavy atom. The molecule has 11 nitrogen and oxygen atoms in total. The molecule has 12 heteroatoms. The number of nitrogens with one attached hydrogen (secondary N) is 3. The van der Waals surface area contributed by atoms with E-state index in [2.05, 4.69) is 68.6 Å². The van der Waals surface area contributed by atoms with Gasteiger partial charge in [0.05, 0.1) is 22.8 Å². The Bertz CT molecular complexity index is 2300. The molecule has 4 aliphatic carbocycles. The summed E-state index contributed by atoms with van der Waals surface area (Å²) in [5.74, 6) is 0. The van der Waals surface area contributed by atoms with Gasteiger partial charge < -0.3 is 60.8 Å². The van der Waals surface area contributed by atoms with Gasteiger partial charge in [0.2, 0.25) is 0 Å². The number of fused-ring (bicyclic) bond motifs is 13. The van der Waals surface area contributed by atoms with E-state index < -0.39 is 22.7 Å². The molecule has 0 amide bonds. The number of hydrogen-bond acceptors (Lipinski definition) is 8. The zero-order chi connectivity index (χ0) is 34.5. The van der Waals surface area contributed by atoms with E-state index in [9.17, 15) is 0 Å². The van der Waals surface area contributed by atoms with Gasteiger partial charge in [-0.3, -0.25) is 0 Å². The summed E-state index contributed by atoms with van der Waals surface area (Å²) in [6, 6.07) is 12.2. The molecule has 19 N–H and O–H groups in total. The van der Waals surface area contributed by atoms with Crippen LogP contribution in [-0.4, -0.2) is 20.1 Å². The molecule has 248 valence electrons. The van der Waals surface area contributed by atoms with Crippen molar-refractivity contribution in [3.8, 4) is 45.0 Å². The second-order valence-electron chi connectivity index (χ2n) is 16.6. The van der Waals surface area contributed by atoms with Gasteiger partial charge >= 0.3 is 0 Å². The highest BCUT2D eigenvalue weighted by Gasteiger charge is 2.53. The molecule has 0 fully saturated rings. The Labute approximate surface area is 280 Å². The van der Waals surface area contributed by atoms with Crippen LogP contribution in [0.4, 0.5) is 0 Å². The summed E-state index contributed by atoms with van der Waals surface area (Å²) in [5.41, 5.74) is 65.6. The highest BCUT2D eigenvalue weighted by molar-refractivity contribution is 7.48. The second-order valence-corrected chi connectivity index (χ2v) is 18.8. The lowest BCUT2D eigenvalue weighted by Gasteiger charge is -2.28. The van der Waals surface area contributed by atoms with Gasteiger partial charge in [-0.1, -0.05) is 50.1 Å². The summed E-state index contributed by atoms with van der Waals surface area (Å²) in [4.78, 5) is 10.8. The van der Waals surface area contributed by atoms with Crippen molar-refractivity contribution in [1.29, 1.82) is 0 Å². The van der Waals surface area contributed by atoms with Crippen molar-refractivity contribution in [2.45, 2.75) is 74.8 Å². The first-order valence-corrected chi connectivity index (χ1v) is 17.3. The highest BCUT2D eigenvalue weighted by atomic mass is 31.1. The predicted molar refractivity (Wildman–Crippen MR) is 194 cm³/mol. The van der Waals surface area contributed by atoms with Gasteiger partial charge in [-0.05, 0) is 41.6 Å². The number of rotatable bonds is 1. The zero-order valence-corrected chi connectivity index (χ0v) is 29.1.